The molecule has 0 saturated carbocycles. The number of nitrogens with one attached hydrogen (secondary N) is 1. The second kappa shape index (κ2) is 8.73. The summed E-state index contributed by atoms with van der Waals surface area (Å²) in [5, 5.41) is 13.5. The highest BCUT2D eigenvalue weighted by Crippen LogP contribution is 2.13. The van der Waals surface area contributed by atoms with E-state index in [0.717, 1.165) is 23.3 Å². The number of carbonyl (C=O) groups excluding carboxylic acids is 1. The predicted molar refractivity (Wildman–Crippen MR) is 74.3 cm³/mol. The molecule has 0 spiro atoms. The highest BCUT2D eigenvalue weighted by Gasteiger charge is 2.02. The Labute approximate surface area is 112 Å². The summed E-state index contributed by atoms with van der Waals surface area (Å²) in [6.07, 6.45) is 3.08. The van der Waals surface area contributed by atoms with Gasteiger partial charge in [0.2, 0.25) is 5.91 Å². The fraction of sp³-hybridized carbons (Fsp3) is 0.500. The Kier molecular flexibility index (Phi) is 7.16. The van der Waals surface area contributed by atoms with Gasteiger partial charge >= 0.3 is 0 Å². The van der Waals surface area contributed by atoms with E-state index in [1.165, 1.54) is 0 Å². The number of hydrogen-bond donors (Lipinski definition) is 2. The summed E-state index contributed by atoms with van der Waals surface area (Å²) < 4.78 is 0. The first-order valence-corrected chi connectivity index (χ1v) is 7.08. The Morgan fingerprint density at radius 2 is 2.39 bits per heavy atom. The van der Waals surface area contributed by atoms with Crippen molar-refractivity contribution in [3.8, 4) is 11.8 Å². The first kappa shape index (κ1) is 14.7. The molecule has 0 bridgehead atoms. The molecule has 1 rings (SSSR count). The lowest BCUT2D eigenvalue weighted by Crippen LogP contribution is -2.21. The largest absolute Gasteiger partial charge is 0.395 e. The molecule has 2 N–H and O–H groups in total. The molecule has 18 heavy (non-hydrogen) atoms. The molecule has 0 aromatic carbocycles. The van der Waals surface area contributed by atoms with E-state index in [-0.39, 0.29) is 12.5 Å². The van der Waals surface area contributed by atoms with E-state index >= 15 is 0 Å². The molecule has 4 heteroatoms. The Hall–Kier alpha value is -1.31. The summed E-state index contributed by atoms with van der Waals surface area (Å²) in [4.78, 5) is 12.5. The van der Waals surface area contributed by atoms with Crippen LogP contribution < -0.4 is 5.32 Å². The van der Waals surface area contributed by atoms with E-state index < -0.39 is 0 Å². The van der Waals surface area contributed by atoms with Crippen LogP contribution in [0.4, 0.5) is 0 Å². The lowest BCUT2D eigenvalue weighted by Gasteiger charge is -2.01. The van der Waals surface area contributed by atoms with E-state index in [9.17, 15) is 4.79 Å². The van der Waals surface area contributed by atoms with Crippen LogP contribution in [0.5, 0.6) is 0 Å². The van der Waals surface area contributed by atoms with Crippen LogP contribution in [0.1, 0.15) is 43.0 Å². The zero-order valence-electron chi connectivity index (χ0n) is 10.7. The molecule has 0 aliphatic carbocycles. The van der Waals surface area contributed by atoms with Crippen molar-refractivity contribution in [1.29, 1.82) is 0 Å². The molecule has 0 fully saturated rings. The maximum absolute atomic E-state index is 11.4. The van der Waals surface area contributed by atoms with Gasteiger partial charge in [-0.2, -0.15) is 0 Å². The van der Waals surface area contributed by atoms with Crippen LogP contribution in [0.2, 0.25) is 0 Å². The quantitative estimate of drug-likeness (QED) is 0.775. The minimum Gasteiger partial charge on any atom is -0.395 e. The predicted octanol–water partition coefficient (Wildman–Crippen LogP) is 2.29. The molecule has 1 aromatic rings. The van der Waals surface area contributed by atoms with Crippen molar-refractivity contribution in [2.24, 2.45) is 0 Å². The van der Waals surface area contributed by atoms with Crippen LogP contribution in [-0.2, 0) is 11.3 Å². The maximum atomic E-state index is 11.4. The minimum absolute atomic E-state index is 0.0947. The van der Waals surface area contributed by atoms with Gasteiger partial charge in [-0.15, -0.1) is 11.3 Å². The lowest BCUT2D eigenvalue weighted by molar-refractivity contribution is -0.121. The van der Waals surface area contributed by atoms with Gasteiger partial charge in [0.05, 0.1) is 13.2 Å². The number of rotatable bonds is 6. The van der Waals surface area contributed by atoms with Crippen LogP contribution in [0, 0.1) is 11.8 Å². The van der Waals surface area contributed by atoms with Crippen LogP contribution in [0.25, 0.3) is 0 Å². The first-order valence-electron chi connectivity index (χ1n) is 6.20. The van der Waals surface area contributed by atoms with Crippen molar-refractivity contribution < 1.29 is 9.90 Å². The third-order valence-corrected chi connectivity index (χ3v) is 3.28. The first-order chi connectivity index (χ1) is 8.76. The zero-order chi connectivity index (χ0) is 13.2. The minimum atomic E-state index is 0.0947. The average Bonchev–Trinajstić information content (AvgIpc) is 2.82. The molecular formula is C14H19NO2S. The number of carbonyl (C=O) groups is 1. The van der Waals surface area contributed by atoms with Gasteiger partial charge in [0.15, 0.2) is 0 Å². The zero-order valence-corrected chi connectivity index (χ0v) is 11.5. The van der Waals surface area contributed by atoms with Crippen molar-refractivity contribution in [2.75, 3.05) is 6.61 Å². The van der Waals surface area contributed by atoms with Gasteiger partial charge < -0.3 is 10.4 Å². The highest BCUT2D eigenvalue weighted by molar-refractivity contribution is 7.10. The van der Waals surface area contributed by atoms with Crippen molar-refractivity contribution >= 4 is 17.2 Å². The monoisotopic (exact) mass is 265 g/mol. The number of unbranched alkanes of at least 4 members (excludes halogenated alkanes) is 1. The smallest absolute Gasteiger partial charge is 0.220 e. The molecule has 1 amide bonds. The number of thiophene rings is 1. The highest BCUT2D eigenvalue weighted by atomic mass is 32.1. The Morgan fingerprint density at radius 1 is 1.56 bits per heavy atom. The van der Waals surface area contributed by atoms with Crippen molar-refractivity contribution in [3.63, 3.8) is 0 Å². The third kappa shape index (κ3) is 5.85. The average molecular weight is 265 g/mol. The Bertz CT molecular complexity index is 428. The van der Waals surface area contributed by atoms with Crippen molar-refractivity contribution in [1.82, 2.24) is 5.32 Å². The van der Waals surface area contributed by atoms with Gasteiger partial charge in [0.1, 0.15) is 0 Å². The standard InChI is InChI=1S/C14H19NO2S/c1-2-3-7-14(17)15-10-13-9-12(11-18-13)6-4-5-8-16/h9,11,16H,2-3,5,7-8,10H2,1H3,(H,15,17). The van der Waals surface area contributed by atoms with E-state index in [1.54, 1.807) is 11.3 Å². The van der Waals surface area contributed by atoms with Gasteiger partial charge in [-0.05, 0) is 12.5 Å². The van der Waals surface area contributed by atoms with E-state index in [1.807, 2.05) is 11.4 Å². The fourth-order valence-electron chi connectivity index (χ4n) is 1.37. The van der Waals surface area contributed by atoms with Crippen LogP contribution in [0.15, 0.2) is 11.4 Å². The lowest BCUT2D eigenvalue weighted by atomic mass is 10.2. The summed E-state index contributed by atoms with van der Waals surface area (Å²) in [5.41, 5.74) is 0.950. The van der Waals surface area contributed by atoms with Gasteiger partial charge in [-0.1, -0.05) is 25.2 Å². The molecule has 3 nitrogen and oxygen atoms in total. The van der Waals surface area contributed by atoms with Gasteiger partial charge in [-0.3, -0.25) is 4.79 Å². The molecule has 0 aliphatic heterocycles. The van der Waals surface area contributed by atoms with Crippen molar-refractivity contribution in [2.45, 2.75) is 39.2 Å². The van der Waals surface area contributed by atoms with Crippen molar-refractivity contribution in [3.05, 3.63) is 21.9 Å². The Morgan fingerprint density at radius 3 is 3.11 bits per heavy atom. The van der Waals surface area contributed by atoms with Gasteiger partial charge in [0.25, 0.3) is 0 Å². The summed E-state index contributed by atoms with van der Waals surface area (Å²) in [6.45, 7) is 2.75. The summed E-state index contributed by atoms with van der Waals surface area (Å²) in [5.74, 6) is 5.96. The topological polar surface area (TPSA) is 49.3 Å². The second-order valence-electron chi connectivity index (χ2n) is 3.96. The summed E-state index contributed by atoms with van der Waals surface area (Å²) in [6, 6.07) is 1.98. The van der Waals surface area contributed by atoms with Crippen LogP contribution in [-0.4, -0.2) is 17.6 Å². The molecule has 1 aromatic heterocycles. The van der Waals surface area contributed by atoms with Gasteiger partial charge in [-0.25, -0.2) is 0 Å². The third-order valence-electron chi connectivity index (χ3n) is 2.34. The summed E-state index contributed by atoms with van der Waals surface area (Å²) in [7, 11) is 0. The molecule has 98 valence electrons. The number of amides is 1. The number of aliphatic hydroxyl groups is 1. The molecule has 0 saturated heterocycles. The van der Waals surface area contributed by atoms with E-state index in [4.69, 9.17) is 5.11 Å². The molecule has 0 aliphatic rings. The second-order valence-corrected chi connectivity index (χ2v) is 4.95. The number of hydrogen-bond acceptors (Lipinski definition) is 3. The molecule has 0 unspecified atom stereocenters. The molecule has 0 atom stereocenters. The summed E-state index contributed by atoms with van der Waals surface area (Å²) >= 11 is 1.59. The fourth-order valence-corrected chi connectivity index (χ4v) is 2.13. The Balaban J connectivity index is 2.36. The normalized spacial score (nSPS) is 9.67. The maximum Gasteiger partial charge on any atom is 0.220 e. The van der Waals surface area contributed by atoms with E-state index in [2.05, 4.69) is 24.1 Å². The van der Waals surface area contributed by atoms with E-state index in [0.29, 0.717) is 19.4 Å². The van der Waals surface area contributed by atoms with Crippen LogP contribution >= 0.6 is 11.3 Å². The molecular weight excluding hydrogens is 246 g/mol. The van der Waals surface area contributed by atoms with Gasteiger partial charge in [0, 0.05) is 28.7 Å². The molecule has 0 radical (unpaired) electrons. The SMILES string of the molecule is CCCCC(=O)NCc1cc(C#CCCO)cs1. The number of aliphatic hydroxyl groups excluding tert-OH is 1. The van der Waals surface area contributed by atoms with Crippen LogP contribution in [0.3, 0.4) is 0 Å². The molecule has 1 heterocycles.